The van der Waals surface area contributed by atoms with Gasteiger partial charge in [-0.2, -0.15) is 0 Å². The molecule has 138 valence electrons. The molecule has 1 aliphatic rings. The molecule has 0 bridgehead atoms. The van der Waals surface area contributed by atoms with Crippen LogP contribution >= 0.6 is 0 Å². The standard InChI is InChI=1S/C18H22N4O4/c1-2-25-16(23)11-19-18(24)22-9-8-13(12-22)10-15-20-21-17(26-15)14-6-4-3-5-7-14/h3-7,13H,2,8-12H2,1H3,(H,19,24). The monoisotopic (exact) mass is 358 g/mol. The van der Waals surface area contributed by atoms with Crippen LogP contribution in [0.3, 0.4) is 0 Å². The van der Waals surface area contributed by atoms with Gasteiger partial charge < -0.3 is 19.4 Å². The minimum absolute atomic E-state index is 0.113. The first kappa shape index (κ1) is 17.9. The van der Waals surface area contributed by atoms with Crippen LogP contribution in [-0.4, -0.2) is 53.3 Å². The van der Waals surface area contributed by atoms with E-state index in [0.29, 0.717) is 37.9 Å². The van der Waals surface area contributed by atoms with E-state index in [4.69, 9.17) is 9.15 Å². The number of amides is 2. The van der Waals surface area contributed by atoms with Crippen LogP contribution < -0.4 is 5.32 Å². The molecule has 1 aromatic carbocycles. The second-order valence-corrected chi connectivity index (χ2v) is 6.14. The number of aromatic nitrogens is 2. The first-order chi connectivity index (χ1) is 12.7. The third-order valence-electron chi connectivity index (χ3n) is 4.21. The summed E-state index contributed by atoms with van der Waals surface area (Å²) >= 11 is 0. The van der Waals surface area contributed by atoms with Crippen LogP contribution in [0, 0.1) is 5.92 Å². The van der Waals surface area contributed by atoms with Gasteiger partial charge in [-0.15, -0.1) is 10.2 Å². The highest BCUT2D eigenvalue weighted by molar-refractivity contribution is 5.81. The van der Waals surface area contributed by atoms with Gasteiger partial charge in [0.25, 0.3) is 0 Å². The Hall–Kier alpha value is -2.90. The summed E-state index contributed by atoms with van der Waals surface area (Å²) in [4.78, 5) is 25.1. The number of esters is 1. The maximum Gasteiger partial charge on any atom is 0.325 e. The van der Waals surface area contributed by atoms with E-state index in [9.17, 15) is 9.59 Å². The van der Waals surface area contributed by atoms with E-state index in [-0.39, 0.29) is 18.5 Å². The van der Waals surface area contributed by atoms with Crippen molar-refractivity contribution in [1.82, 2.24) is 20.4 Å². The van der Waals surface area contributed by atoms with E-state index in [1.54, 1.807) is 11.8 Å². The molecule has 1 fully saturated rings. The molecule has 1 aliphatic heterocycles. The Morgan fingerprint density at radius 3 is 2.88 bits per heavy atom. The Balaban J connectivity index is 1.48. The number of rotatable bonds is 6. The minimum Gasteiger partial charge on any atom is -0.465 e. The fraction of sp³-hybridized carbons (Fsp3) is 0.444. The average molecular weight is 358 g/mol. The lowest BCUT2D eigenvalue weighted by Gasteiger charge is -2.16. The second-order valence-electron chi connectivity index (χ2n) is 6.14. The normalized spacial score (nSPS) is 16.5. The predicted octanol–water partition coefficient (Wildman–Crippen LogP) is 1.87. The predicted molar refractivity (Wildman–Crippen MR) is 93.1 cm³/mol. The first-order valence-electron chi connectivity index (χ1n) is 8.72. The summed E-state index contributed by atoms with van der Waals surface area (Å²) in [7, 11) is 0. The fourth-order valence-electron chi connectivity index (χ4n) is 2.94. The number of nitrogens with one attached hydrogen (secondary N) is 1. The van der Waals surface area contributed by atoms with Gasteiger partial charge in [-0.1, -0.05) is 18.2 Å². The summed E-state index contributed by atoms with van der Waals surface area (Å²) in [5, 5.41) is 10.8. The Kier molecular flexibility index (Phi) is 5.83. The van der Waals surface area contributed by atoms with Gasteiger partial charge >= 0.3 is 12.0 Å². The molecule has 8 nitrogen and oxygen atoms in total. The Bertz CT molecular complexity index is 747. The minimum atomic E-state index is -0.434. The summed E-state index contributed by atoms with van der Waals surface area (Å²) in [5.74, 6) is 0.897. The maximum atomic E-state index is 12.1. The average Bonchev–Trinajstić information content (AvgIpc) is 3.31. The first-order valence-corrected chi connectivity index (χ1v) is 8.72. The molecule has 2 aromatic rings. The number of carbonyl (C=O) groups excluding carboxylic acids is 2. The van der Waals surface area contributed by atoms with E-state index in [1.807, 2.05) is 30.3 Å². The third-order valence-corrected chi connectivity index (χ3v) is 4.21. The van der Waals surface area contributed by atoms with Gasteiger partial charge in [0, 0.05) is 25.1 Å². The number of likely N-dealkylation sites (tertiary alicyclic amines) is 1. The molecule has 1 atom stereocenters. The number of urea groups is 1. The van der Waals surface area contributed by atoms with Gasteiger partial charge in [-0.25, -0.2) is 4.79 Å². The molecule has 8 heteroatoms. The van der Waals surface area contributed by atoms with Gasteiger partial charge in [0.1, 0.15) is 6.54 Å². The van der Waals surface area contributed by atoms with Crippen molar-refractivity contribution in [2.24, 2.45) is 5.92 Å². The maximum absolute atomic E-state index is 12.1. The largest absolute Gasteiger partial charge is 0.465 e. The van der Waals surface area contributed by atoms with Crippen molar-refractivity contribution in [3.63, 3.8) is 0 Å². The molecular weight excluding hydrogens is 336 g/mol. The van der Waals surface area contributed by atoms with Crippen molar-refractivity contribution in [1.29, 1.82) is 0 Å². The SMILES string of the molecule is CCOC(=O)CNC(=O)N1CCC(Cc2nnc(-c3ccccc3)o2)C1. The Labute approximate surface area is 151 Å². The number of benzene rings is 1. The summed E-state index contributed by atoms with van der Waals surface area (Å²) in [6, 6.07) is 9.36. The highest BCUT2D eigenvalue weighted by Gasteiger charge is 2.28. The zero-order valence-electron chi connectivity index (χ0n) is 14.7. The fourth-order valence-corrected chi connectivity index (χ4v) is 2.94. The molecule has 1 saturated heterocycles. The number of carbonyl (C=O) groups is 2. The van der Waals surface area contributed by atoms with Crippen LogP contribution in [0.2, 0.25) is 0 Å². The van der Waals surface area contributed by atoms with Gasteiger partial charge in [0.2, 0.25) is 11.8 Å². The number of hydrogen-bond donors (Lipinski definition) is 1. The van der Waals surface area contributed by atoms with Gasteiger partial charge in [0.05, 0.1) is 6.61 Å². The number of ether oxygens (including phenoxy) is 1. The lowest BCUT2D eigenvalue weighted by molar-refractivity contribution is -0.141. The lowest BCUT2D eigenvalue weighted by Crippen LogP contribution is -2.41. The second kappa shape index (κ2) is 8.46. The molecule has 1 unspecified atom stereocenters. The van der Waals surface area contributed by atoms with Crippen LogP contribution in [0.25, 0.3) is 11.5 Å². The van der Waals surface area contributed by atoms with Crippen molar-refractivity contribution >= 4 is 12.0 Å². The summed E-state index contributed by atoms with van der Waals surface area (Å²) in [6.07, 6.45) is 1.48. The highest BCUT2D eigenvalue weighted by Crippen LogP contribution is 2.23. The van der Waals surface area contributed by atoms with E-state index in [1.165, 1.54) is 0 Å². The molecule has 1 N–H and O–H groups in total. The molecule has 2 heterocycles. The number of hydrogen-bond acceptors (Lipinski definition) is 6. The van der Waals surface area contributed by atoms with Gasteiger partial charge in [-0.3, -0.25) is 4.79 Å². The molecule has 0 saturated carbocycles. The van der Waals surface area contributed by atoms with E-state index in [0.717, 1.165) is 12.0 Å². The van der Waals surface area contributed by atoms with Crippen LogP contribution in [-0.2, 0) is 16.0 Å². The van der Waals surface area contributed by atoms with E-state index >= 15 is 0 Å². The van der Waals surface area contributed by atoms with Crippen molar-refractivity contribution in [2.45, 2.75) is 19.8 Å². The summed E-state index contributed by atoms with van der Waals surface area (Å²) in [5.41, 5.74) is 0.887. The van der Waals surface area contributed by atoms with Gasteiger partial charge in [-0.05, 0) is 31.4 Å². The summed E-state index contributed by atoms with van der Waals surface area (Å²) in [6.45, 7) is 3.15. The van der Waals surface area contributed by atoms with Crippen molar-refractivity contribution in [3.8, 4) is 11.5 Å². The lowest BCUT2D eigenvalue weighted by atomic mass is 10.1. The molecule has 0 aliphatic carbocycles. The van der Waals surface area contributed by atoms with E-state index in [2.05, 4.69) is 15.5 Å². The van der Waals surface area contributed by atoms with Crippen LogP contribution in [0.1, 0.15) is 19.2 Å². The molecule has 2 amide bonds. The molecule has 0 radical (unpaired) electrons. The Morgan fingerprint density at radius 2 is 2.12 bits per heavy atom. The number of nitrogens with zero attached hydrogens (tertiary/aromatic N) is 3. The summed E-state index contributed by atoms with van der Waals surface area (Å²) < 4.78 is 10.5. The topological polar surface area (TPSA) is 97.6 Å². The Morgan fingerprint density at radius 1 is 1.31 bits per heavy atom. The molecular formula is C18H22N4O4. The molecule has 0 spiro atoms. The molecule has 1 aromatic heterocycles. The van der Waals surface area contributed by atoms with Crippen LogP contribution in [0.5, 0.6) is 0 Å². The van der Waals surface area contributed by atoms with Crippen LogP contribution in [0.15, 0.2) is 34.7 Å². The zero-order valence-corrected chi connectivity index (χ0v) is 14.7. The van der Waals surface area contributed by atoms with Crippen molar-refractivity contribution < 1.29 is 18.7 Å². The van der Waals surface area contributed by atoms with Crippen LogP contribution in [0.4, 0.5) is 4.79 Å². The third kappa shape index (κ3) is 4.59. The quantitative estimate of drug-likeness (QED) is 0.792. The highest BCUT2D eigenvalue weighted by atomic mass is 16.5. The van der Waals surface area contributed by atoms with Gasteiger partial charge in [0.15, 0.2) is 0 Å². The van der Waals surface area contributed by atoms with E-state index < -0.39 is 5.97 Å². The molecule has 26 heavy (non-hydrogen) atoms. The van der Waals surface area contributed by atoms with Crippen molar-refractivity contribution in [3.05, 3.63) is 36.2 Å². The molecule has 3 rings (SSSR count). The van der Waals surface area contributed by atoms with Crippen molar-refractivity contribution in [2.75, 3.05) is 26.2 Å². The zero-order chi connectivity index (χ0) is 18.4. The smallest absolute Gasteiger partial charge is 0.325 e.